The number of hydrogen-bond donors (Lipinski definition) is 2. The quantitative estimate of drug-likeness (QED) is 0.767. The molecule has 0 bridgehead atoms. The first-order chi connectivity index (χ1) is 11.6. The number of carboxylic acids is 1. The van der Waals surface area contributed by atoms with Crippen molar-refractivity contribution < 1.29 is 19.4 Å². The molecule has 2 aromatic rings. The van der Waals surface area contributed by atoms with E-state index in [1.165, 1.54) is 0 Å². The van der Waals surface area contributed by atoms with Crippen molar-refractivity contribution in [1.82, 2.24) is 5.32 Å². The minimum absolute atomic E-state index is 0.0522. The van der Waals surface area contributed by atoms with Crippen molar-refractivity contribution in [3.63, 3.8) is 0 Å². The fourth-order valence-electron chi connectivity index (χ4n) is 3.11. The fourth-order valence-corrected chi connectivity index (χ4v) is 3.11. The van der Waals surface area contributed by atoms with Crippen LogP contribution < -0.4 is 10.1 Å². The van der Waals surface area contributed by atoms with E-state index >= 15 is 0 Å². The van der Waals surface area contributed by atoms with Gasteiger partial charge in [-0.05, 0) is 24.3 Å². The second-order valence-electron chi connectivity index (χ2n) is 6.29. The molecule has 0 saturated heterocycles. The lowest BCUT2D eigenvalue weighted by atomic mass is 9.66. The van der Waals surface area contributed by atoms with Crippen LogP contribution in [-0.4, -0.2) is 30.1 Å². The Bertz CT molecular complexity index is 747. The van der Waals surface area contributed by atoms with Gasteiger partial charge in [0.05, 0.1) is 12.0 Å². The number of fused-ring (bicyclic) bond motifs is 1. The summed E-state index contributed by atoms with van der Waals surface area (Å²) < 4.78 is 5.76. The Morgan fingerprint density at radius 2 is 1.88 bits per heavy atom. The van der Waals surface area contributed by atoms with Gasteiger partial charge in [0.25, 0.3) is 0 Å². The summed E-state index contributed by atoms with van der Waals surface area (Å²) in [5.74, 6) is -0.308. The average Bonchev–Trinajstić information content (AvgIpc) is 2.54. The van der Waals surface area contributed by atoms with Gasteiger partial charge >= 0.3 is 5.97 Å². The average molecular weight is 327 g/mol. The Hall–Kier alpha value is -2.56. The van der Waals surface area contributed by atoms with Crippen molar-refractivity contribution in [3.8, 4) is 5.75 Å². The molecule has 1 aliphatic rings. The van der Waals surface area contributed by atoms with Crippen LogP contribution in [0.3, 0.4) is 0 Å². The SMILES string of the molecule is O=C(CC1(C(=O)O)CCC1)NCCOc1cccc2ccccc12. The molecule has 1 fully saturated rings. The summed E-state index contributed by atoms with van der Waals surface area (Å²) in [6.45, 7) is 0.706. The van der Waals surface area contributed by atoms with Crippen molar-refractivity contribution in [3.05, 3.63) is 42.5 Å². The molecule has 0 heterocycles. The van der Waals surface area contributed by atoms with Gasteiger partial charge in [-0.1, -0.05) is 42.8 Å². The maximum atomic E-state index is 11.9. The van der Waals surface area contributed by atoms with E-state index in [-0.39, 0.29) is 12.3 Å². The van der Waals surface area contributed by atoms with Gasteiger partial charge in [-0.25, -0.2) is 0 Å². The number of carboxylic acid groups (broad SMARTS) is 1. The standard InChI is InChI=1S/C19H21NO4/c21-17(13-19(18(22)23)9-4-10-19)20-11-12-24-16-8-3-6-14-5-1-2-7-15(14)16/h1-3,5-8H,4,9-13H2,(H,20,21)(H,22,23). The maximum Gasteiger partial charge on any atom is 0.310 e. The summed E-state index contributed by atoms with van der Waals surface area (Å²) in [6.07, 6.45) is 2.10. The predicted molar refractivity (Wildman–Crippen MR) is 91.0 cm³/mol. The molecule has 0 aliphatic heterocycles. The first kappa shape index (κ1) is 16.3. The second-order valence-corrected chi connectivity index (χ2v) is 6.29. The Labute approximate surface area is 140 Å². The molecule has 5 heteroatoms. The van der Waals surface area contributed by atoms with Gasteiger partial charge in [-0.15, -0.1) is 0 Å². The number of benzene rings is 2. The number of nitrogens with one attached hydrogen (secondary N) is 1. The van der Waals surface area contributed by atoms with Crippen molar-refractivity contribution in [2.45, 2.75) is 25.7 Å². The molecule has 0 spiro atoms. The lowest BCUT2D eigenvalue weighted by Gasteiger charge is -2.36. The van der Waals surface area contributed by atoms with Crippen LogP contribution in [-0.2, 0) is 9.59 Å². The second kappa shape index (κ2) is 6.91. The van der Waals surface area contributed by atoms with E-state index in [1.54, 1.807) is 0 Å². The minimum atomic E-state index is -0.865. The van der Waals surface area contributed by atoms with E-state index in [4.69, 9.17) is 4.74 Å². The molecule has 2 N–H and O–H groups in total. The summed E-state index contributed by atoms with van der Waals surface area (Å²) in [5, 5.41) is 14.1. The van der Waals surface area contributed by atoms with E-state index in [2.05, 4.69) is 5.32 Å². The van der Waals surface area contributed by atoms with Crippen LogP contribution in [0.4, 0.5) is 0 Å². The third-order valence-electron chi connectivity index (χ3n) is 4.69. The molecular weight excluding hydrogens is 306 g/mol. The van der Waals surface area contributed by atoms with Gasteiger partial charge in [0.1, 0.15) is 12.4 Å². The molecule has 1 amide bonds. The normalized spacial score (nSPS) is 15.5. The van der Waals surface area contributed by atoms with Gasteiger partial charge in [0.2, 0.25) is 5.91 Å². The zero-order valence-electron chi connectivity index (χ0n) is 13.5. The molecule has 0 radical (unpaired) electrons. The van der Waals surface area contributed by atoms with Crippen molar-refractivity contribution in [2.24, 2.45) is 5.41 Å². The largest absolute Gasteiger partial charge is 0.491 e. The highest BCUT2D eigenvalue weighted by Gasteiger charge is 2.45. The van der Waals surface area contributed by atoms with E-state index in [9.17, 15) is 14.7 Å². The van der Waals surface area contributed by atoms with Crippen molar-refractivity contribution in [2.75, 3.05) is 13.2 Å². The number of rotatable bonds is 7. The summed E-state index contributed by atoms with van der Waals surface area (Å²) in [6, 6.07) is 13.8. The smallest absolute Gasteiger partial charge is 0.310 e. The van der Waals surface area contributed by atoms with E-state index < -0.39 is 11.4 Å². The molecule has 1 saturated carbocycles. The minimum Gasteiger partial charge on any atom is -0.491 e. The molecule has 0 atom stereocenters. The van der Waals surface area contributed by atoms with Crippen LogP contribution in [0, 0.1) is 5.41 Å². The monoisotopic (exact) mass is 327 g/mol. The number of carbonyl (C=O) groups excluding carboxylic acids is 1. The van der Waals surface area contributed by atoms with Crippen LogP contribution in [0.2, 0.25) is 0 Å². The highest BCUT2D eigenvalue weighted by atomic mass is 16.5. The lowest BCUT2D eigenvalue weighted by molar-refractivity contribution is -0.157. The molecule has 126 valence electrons. The third-order valence-corrected chi connectivity index (χ3v) is 4.69. The zero-order chi connectivity index (χ0) is 17.0. The maximum absolute atomic E-state index is 11.9. The fraction of sp³-hybridized carbons (Fsp3) is 0.368. The molecule has 5 nitrogen and oxygen atoms in total. The van der Waals surface area contributed by atoms with Gasteiger partial charge in [-0.2, -0.15) is 0 Å². The Morgan fingerprint density at radius 1 is 1.12 bits per heavy atom. The molecular formula is C19H21NO4. The Morgan fingerprint density at radius 3 is 2.58 bits per heavy atom. The molecule has 3 rings (SSSR count). The molecule has 1 aliphatic carbocycles. The highest BCUT2D eigenvalue weighted by Crippen LogP contribution is 2.44. The van der Waals surface area contributed by atoms with E-state index in [0.29, 0.717) is 26.0 Å². The Balaban J connectivity index is 1.48. The first-order valence-corrected chi connectivity index (χ1v) is 8.21. The topological polar surface area (TPSA) is 75.6 Å². The molecule has 24 heavy (non-hydrogen) atoms. The van der Waals surface area contributed by atoms with E-state index in [1.807, 2.05) is 42.5 Å². The highest BCUT2D eigenvalue weighted by molar-refractivity contribution is 5.88. The Kier molecular flexibility index (Phi) is 4.69. The first-order valence-electron chi connectivity index (χ1n) is 8.21. The van der Waals surface area contributed by atoms with Gasteiger partial charge in [-0.3, -0.25) is 9.59 Å². The summed E-state index contributed by atoms with van der Waals surface area (Å²) in [7, 11) is 0. The van der Waals surface area contributed by atoms with Gasteiger partial charge in [0, 0.05) is 11.8 Å². The third kappa shape index (κ3) is 3.35. The summed E-state index contributed by atoms with van der Waals surface area (Å²) >= 11 is 0. The molecule has 0 aromatic heterocycles. The molecule has 2 aromatic carbocycles. The van der Waals surface area contributed by atoms with Gasteiger partial charge < -0.3 is 15.2 Å². The van der Waals surface area contributed by atoms with Crippen LogP contribution in [0.1, 0.15) is 25.7 Å². The zero-order valence-corrected chi connectivity index (χ0v) is 13.5. The number of aliphatic carboxylic acids is 1. The number of amides is 1. The van der Waals surface area contributed by atoms with Crippen LogP contribution >= 0.6 is 0 Å². The number of carbonyl (C=O) groups is 2. The van der Waals surface area contributed by atoms with Crippen LogP contribution in [0.25, 0.3) is 10.8 Å². The number of ether oxygens (including phenoxy) is 1. The lowest BCUT2D eigenvalue weighted by Crippen LogP contribution is -2.43. The van der Waals surface area contributed by atoms with Crippen molar-refractivity contribution >= 4 is 22.6 Å². The summed E-state index contributed by atoms with van der Waals surface area (Å²) in [5.41, 5.74) is -0.847. The van der Waals surface area contributed by atoms with E-state index in [0.717, 1.165) is 22.9 Å². The number of hydrogen-bond acceptors (Lipinski definition) is 3. The van der Waals surface area contributed by atoms with Gasteiger partial charge in [0.15, 0.2) is 0 Å². The molecule has 0 unspecified atom stereocenters. The summed E-state index contributed by atoms with van der Waals surface area (Å²) in [4.78, 5) is 23.2. The van der Waals surface area contributed by atoms with Crippen LogP contribution in [0.5, 0.6) is 5.75 Å². The van der Waals surface area contributed by atoms with Crippen molar-refractivity contribution in [1.29, 1.82) is 0 Å². The van der Waals surface area contributed by atoms with Crippen LogP contribution in [0.15, 0.2) is 42.5 Å². The predicted octanol–water partition coefficient (Wildman–Crippen LogP) is 2.98.